The maximum atomic E-state index is 14.0. The van der Waals surface area contributed by atoms with Crippen LogP contribution in [0.3, 0.4) is 0 Å². The number of carboxylic acids is 1. The van der Waals surface area contributed by atoms with Gasteiger partial charge in [0.1, 0.15) is 10.7 Å². The quantitative estimate of drug-likeness (QED) is 0.213. The third-order valence-corrected chi connectivity index (χ3v) is 7.25. The molecule has 0 aliphatic rings. The maximum absolute atomic E-state index is 14.0. The van der Waals surface area contributed by atoms with Gasteiger partial charge in [-0.25, -0.2) is 9.97 Å². The number of benzene rings is 2. The van der Waals surface area contributed by atoms with Crippen LogP contribution >= 0.6 is 11.3 Å². The molecule has 5 aromatic rings. The first-order valence-electron chi connectivity index (χ1n) is 12.7. The van der Waals surface area contributed by atoms with E-state index in [0.717, 1.165) is 5.56 Å². The van der Waals surface area contributed by atoms with E-state index in [0.29, 0.717) is 45.7 Å². The first kappa shape index (κ1) is 26.8. The monoisotopic (exact) mass is 554 g/mol. The molecule has 0 unspecified atom stereocenters. The van der Waals surface area contributed by atoms with Crippen molar-refractivity contribution in [3.05, 3.63) is 99.9 Å². The van der Waals surface area contributed by atoms with Gasteiger partial charge in [-0.1, -0.05) is 60.7 Å². The number of nitrogens with one attached hydrogen (secondary N) is 1. The normalized spacial score (nSPS) is 11.0. The van der Waals surface area contributed by atoms with E-state index in [4.69, 9.17) is 5.11 Å². The summed E-state index contributed by atoms with van der Waals surface area (Å²) >= 11 is 1.30. The van der Waals surface area contributed by atoms with Crippen molar-refractivity contribution >= 4 is 34.1 Å². The van der Waals surface area contributed by atoms with Crippen LogP contribution in [0.1, 0.15) is 28.9 Å². The highest BCUT2D eigenvalue weighted by Gasteiger charge is 2.25. The summed E-state index contributed by atoms with van der Waals surface area (Å²) in [5.74, 6) is -1.98. The molecule has 0 radical (unpaired) electrons. The van der Waals surface area contributed by atoms with Crippen LogP contribution in [0.2, 0.25) is 0 Å². The fourth-order valence-electron chi connectivity index (χ4n) is 4.54. The smallest absolute Gasteiger partial charge is 0.303 e. The molecule has 0 atom stereocenters. The number of thiazole rings is 1. The highest BCUT2D eigenvalue weighted by atomic mass is 32.1. The Kier molecular flexibility index (Phi) is 7.97. The topological polar surface area (TPSA) is 134 Å². The second kappa shape index (κ2) is 11.9. The Morgan fingerprint density at radius 1 is 1.02 bits per heavy atom. The van der Waals surface area contributed by atoms with Crippen molar-refractivity contribution in [2.75, 3.05) is 6.54 Å². The Morgan fingerprint density at radius 2 is 1.75 bits per heavy atom. The van der Waals surface area contributed by atoms with Crippen molar-refractivity contribution < 1.29 is 19.8 Å². The molecule has 0 aliphatic carbocycles. The highest BCUT2D eigenvalue weighted by molar-refractivity contribution is 7.13. The minimum atomic E-state index is -0.964. The van der Waals surface area contributed by atoms with Crippen LogP contribution in [0.5, 0.6) is 5.75 Å². The number of carbonyl (C=O) groups is 2. The van der Waals surface area contributed by atoms with Gasteiger partial charge in [0.15, 0.2) is 11.4 Å². The van der Waals surface area contributed by atoms with E-state index in [9.17, 15) is 19.5 Å². The SMILES string of the molecule is O=C(O)CCCNC(=O)c1nc(-c2nccs2)c2c(cc(-c3ccccc3)c(=O)n2CCc2ccccc2)c1O. The molecule has 10 heteroatoms. The molecule has 0 fully saturated rings. The molecule has 3 heterocycles. The van der Waals surface area contributed by atoms with Crippen LogP contribution in [-0.4, -0.2) is 43.2 Å². The number of carboxylic acid groups (broad SMARTS) is 1. The zero-order chi connectivity index (χ0) is 28.1. The van der Waals surface area contributed by atoms with Crippen molar-refractivity contribution in [2.24, 2.45) is 0 Å². The molecule has 3 N–H and O–H groups in total. The van der Waals surface area contributed by atoms with Crippen molar-refractivity contribution in [1.29, 1.82) is 0 Å². The number of hydrogen-bond acceptors (Lipinski definition) is 7. The van der Waals surface area contributed by atoms with E-state index in [1.807, 2.05) is 60.7 Å². The molecule has 3 aromatic heterocycles. The van der Waals surface area contributed by atoms with Crippen LogP contribution in [0.4, 0.5) is 0 Å². The molecule has 202 valence electrons. The van der Waals surface area contributed by atoms with E-state index >= 15 is 0 Å². The molecule has 0 aliphatic heterocycles. The van der Waals surface area contributed by atoms with Crippen molar-refractivity contribution in [3.8, 4) is 27.6 Å². The number of aromatic nitrogens is 3. The lowest BCUT2D eigenvalue weighted by Crippen LogP contribution is -2.27. The number of fused-ring (bicyclic) bond motifs is 1. The van der Waals surface area contributed by atoms with Crippen LogP contribution in [0, 0.1) is 0 Å². The zero-order valence-corrected chi connectivity index (χ0v) is 22.2. The average molecular weight is 555 g/mol. The number of pyridine rings is 2. The molecule has 40 heavy (non-hydrogen) atoms. The number of amides is 1. The molecule has 5 rings (SSSR count). The van der Waals surface area contributed by atoms with Gasteiger partial charge in [0.25, 0.3) is 11.5 Å². The standard InChI is InChI=1S/C30H26N4O5S/c35-23(36)12-7-14-31-28(38)25-27(37)22-18-21(20-10-5-2-6-11-20)30(39)34(16-13-19-8-3-1-4-9-19)26(22)24(33-25)29-32-15-17-40-29/h1-6,8-11,15,17-18,37H,7,12-14,16H2,(H,31,38)(H,35,36). The summed E-state index contributed by atoms with van der Waals surface area (Å²) in [4.78, 5) is 46.9. The number of hydrogen-bond donors (Lipinski definition) is 3. The molecule has 0 bridgehead atoms. The molecular weight excluding hydrogens is 528 g/mol. The van der Waals surface area contributed by atoms with Crippen LogP contribution in [0.15, 0.2) is 83.1 Å². The molecule has 9 nitrogen and oxygen atoms in total. The predicted molar refractivity (Wildman–Crippen MR) is 154 cm³/mol. The summed E-state index contributed by atoms with van der Waals surface area (Å²) in [6.45, 7) is 0.406. The number of aryl methyl sites for hydroxylation is 2. The van der Waals surface area contributed by atoms with E-state index in [2.05, 4.69) is 15.3 Å². The molecule has 0 saturated carbocycles. The highest BCUT2D eigenvalue weighted by Crippen LogP contribution is 2.36. The Labute approximate surface area is 233 Å². The van der Waals surface area contributed by atoms with E-state index < -0.39 is 11.9 Å². The van der Waals surface area contributed by atoms with Gasteiger partial charge < -0.3 is 20.1 Å². The molecule has 0 spiro atoms. The van der Waals surface area contributed by atoms with Crippen molar-refractivity contribution in [3.63, 3.8) is 0 Å². The van der Waals surface area contributed by atoms with Crippen LogP contribution < -0.4 is 10.9 Å². The van der Waals surface area contributed by atoms with Gasteiger partial charge in [0.05, 0.1) is 5.52 Å². The summed E-state index contributed by atoms with van der Waals surface area (Å²) in [5.41, 5.74) is 2.31. The van der Waals surface area contributed by atoms with Gasteiger partial charge in [-0.2, -0.15) is 0 Å². The molecule has 1 amide bonds. The van der Waals surface area contributed by atoms with Gasteiger partial charge in [-0.3, -0.25) is 14.4 Å². The Balaban J connectivity index is 1.71. The lowest BCUT2D eigenvalue weighted by Gasteiger charge is -2.18. The number of nitrogens with zero attached hydrogens (tertiary/aromatic N) is 3. The van der Waals surface area contributed by atoms with Gasteiger partial charge in [-0.15, -0.1) is 11.3 Å². The number of aliphatic carboxylic acids is 1. The van der Waals surface area contributed by atoms with E-state index in [-0.39, 0.29) is 36.4 Å². The number of rotatable bonds is 10. The molecular formula is C30H26N4O5S. The second-order valence-corrected chi connectivity index (χ2v) is 10.0. The third-order valence-electron chi connectivity index (χ3n) is 6.47. The largest absolute Gasteiger partial charge is 0.505 e. The van der Waals surface area contributed by atoms with Crippen molar-refractivity contribution in [2.45, 2.75) is 25.8 Å². The third kappa shape index (κ3) is 5.62. The van der Waals surface area contributed by atoms with Gasteiger partial charge in [-0.05, 0) is 30.0 Å². The molecule has 0 saturated heterocycles. The zero-order valence-electron chi connectivity index (χ0n) is 21.4. The summed E-state index contributed by atoms with van der Waals surface area (Å²) < 4.78 is 1.60. The Morgan fingerprint density at radius 3 is 2.42 bits per heavy atom. The first-order chi connectivity index (χ1) is 19.4. The summed E-state index contributed by atoms with van der Waals surface area (Å²) in [5, 5.41) is 25.5. The average Bonchev–Trinajstić information content (AvgIpc) is 3.51. The van der Waals surface area contributed by atoms with Crippen molar-refractivity contribution in [1.82, 2.24) is 19.9 Å². The fourth-order valence-corrected chi connectivity index (χ4v) is 5.17. The van der Waals surface area contributed by atoms with E-state index in [1.165, 1.54) is 11.3 Å². The number of aromatic hydroxyl groups is 1. The minimum Gasteiger partial charge on any atom is -0.505 e. The fraction of sp³-hybridized carbons (Fsp3) is 0.167. The van der Waals surface area contributed by atoms with Crippen LogP contribution in [-0.2, 0) is 17.8 Å². The summed E-state index contributed by atoms with van der Waals surface area (Å²) in [6, 6.07) is 20.5. The van der Waals surface area contributed by atoms with E-state index in [1.54, 1.807) is 22.2 Å². The molecule has 2 aromatic carbocycles. The Bertz CT molecular complexity index is 1720. The van der Waals surface area contributed by atoms with Gasteiger partial charge in [0, 0.05) is 42.0 Å². The first-order valence-corrected chi connectivity index (χ1v) is 13.6. The van der Waals surface area contributed by atoms with Gasteiger partial charge in [0.2, 0.25) is 0 Å². The van der Waals surface area contributed by atoms with Gasteiger partial charge >= 0.3 is 5.97 Å². The lowest BCUT2D eigenvalue weighted by atomic mass is 10.0. The number of carbonyl (C=O) groups excluding carboxylic acids is 1. The Hall–Kier alpha value is -4.83. The maximum Gasteiger partial charge on any atom is 0.303 e. The minimum absolute atomic E-state index is 0.0999. The lowest BCUT2D eigenvalue weighted by molar-refractivity contribution is -0.137. The summed E-state index contributed by atoms with van der Waals surface area (Å²) in [7, 11) is 0. The predicted octanol–water partition coefficient (Wildman–Crippen LogP) is 4.73. The second-order valence-electron chi connectivity index (χ2n) is 9.13. The summed E-state index contributed by atoms with van der Waals surface area (Å²) in [6.07, 6.45) is 2.29. The van der Waals surface area contributed by atoms with Crippen LogP contribution in [0.25, 0.3) is 32.7 Å².